The quantitative estimate of drug-likeness (QED) is 0.693. The molecule has 2 aliphatic rings. The van der Waals surface area contributed by atoms with Crippen molar-refractivity contribution in [1.29, 1.82) is 0 Å². The van der Waals surface area contributed by atoms with Gasteiger partial charge < -0.3 is 9.80 Å². The smallest absolute Gasteiger partial charge is 0.0121 e. The van der Waals surface area contributed by atoms with E-state index in [4.69, 9.17) is 0 Å². The van der Waals surface area contributed by atoms with Crippen LogP contribution in [0.4, 0.5) is 0 Å². The zero-order chi connectivity index (χ0) is 12.1. The van der Waals surface area contributed by atoms with Crippen molar-refractivity contribution in [2.75, 3.05) is 33.7 Å². The first-order valence-electron chi connectivity index (χ1n) is 7.66. The van der Waals surface area contributed by atoms with Crippen LogP contribution in [0, 0.1) is 5.92 Å². The maximum absolute atomic E-state index is 2.68. The van der Waals surface area contributed by atoms with Gasteiger partial charge in [0.2, 0.25) is 0 Å². The maximum Gasteiger partial charge on any atom is 0.0121 e. The first kappa shape index (κ1) is 13.4. The van der Waals surface area contributed by atoms with Gasteiger partial charge in [-0.2, -0.15) is 0 Å². The molecule has 100 valence electrons. The zero-order valence-corrected chi connectivity index (χ0v) is 11.8. The summed E-state index contributed by atoms with van der Waals surface area (Å²) in [5.41, 5.74) is 0. The molecule has 0 aromatic heterocycles. The summed E-state index contributed by atoms with van der Waals surface area (Å²) >= 11 is 0. The van der Waals surface area contributed by atoms with Crippen LogP contribution in [0.3, 0.4) is 0 Å². The Bertz CT molecular complexity index is 217. The summed E-state index contributed by atoms with van der Waals surface area (Å²) in [5.74, 6) is 0.961. The normalized spacial score (nSPS) is 34.9. The number of hydrogen-bond acceptors (Lipinski definition) is 2. The zero-order valence-electron chi connectivity index (χ0n) is 11.8. The molecule has 0 amide bonds. The van der Waals surface area contributed by atoms with E-state index >= 15 is 0 Å². The summed E-state index contributed by atoms with van der Waals surface area (Å²) < 4.78 is 0. The topological polar surface area (TPSA) is 6.48 Å². The van der Waals surface area contributed by atoms with Gasteiger partial charge in [-0.15, -0.1) is 0 Å². The highest BCUT2D eigenvalue weighted by molar-refractivity contribution is 4.82. The van der Waals surface area contributed by atoms with Crippen molar-refractivity contribution >= 4 is 0 Å². The van der Waals surface area contributed by atoms with E-state index in [2.05, 4.69) is 23.9 Å². The van der Waals surface area contributed by atoms with Crippen molar-refractivity contribution in [3.05, 3.63) is 0 Å². The average molecular weight is 238 g/mol. The Labute approximate surface area is 107 Å². The van der Waals surface area contributed by atoms with Crippen molar-refractivity contribution in [3.8, 4) is 0 Å². The molecule has 2 nitrogen and oxygen atoms in total. The highest BCUT2D eigenvalue weighted by Crippen LogP contribution is 2.28. The lowest BCUT2D eigenvalue weighted by molar-refractivity contribution is 0.137. The van der Waals surface area contributed by atoms with Crippen LogP contribution in [0.25, 0.3) is 0 Å². The molecule has 2 saturated heterocycles. The summed E-state index contributed by atoms with van der Waals surface area (Å²) in [6, 6.07) is 0.877. The molecule has 0 aromatic rings. The highest BCUT2D eigenvalue weighted by Gasteiger charge is 2.27. The third-order valence-corrected chi connectivity index (χ3v) is 4.87. The monoisotopic (exact) mass is 238 g/mol. The van der Waals surface area contributed by atoms with E-state index in [1.54, 1.807) is 0 Å². The molecule has 2 fully saturated rings. The lowest BCUT2D eigenvalue weighted by Crippen LogP contribution is -2.39. The Morgan fingerprint density at radius 3 is 2.41 bits per heavy atom. The minimum Gasteiger partial charge on any atom is -0.306 e. The predicted octanol–water partition coefficient (Wildman–Crippen LogP) is 2.98. The van der Waals surface area contributed by atoms with Crippen LogP contribution < -0.4 is 0 Å². The second-order valence-electron chi connectivity index (χ2n) is 6.25. The molecule has 0 N–H and O–H groups in total. The molecule has 2 rings (SSSR count). The molecule has 2 unspecified atom stereocenters. The number of hydrogen-bond donors (Lipinski definition) is 0. The number of nitrogens with zero attached hydrogens (tertiary/aromatic N) is 2. The van der Waals surface area contributed by atoms with E-state index in [1.807, 2.05) is 0 Å². The molecule has 0 saturated carbocycles. The minimum absolute atomic E-state index is 0.877. The van der Waals surface area contributed by atoms with Crippen LogP contribution in [0.2, 0.25) is 0 Å². The first-order valence-corrected chi connectivity index (χ1v) is 7.66. The van der Waals surface area contributed by atoms with E-state index in [0.717, 1.165) is 12.0 Å². The summed E-state index contributed by atoms with van der Waals surface area (Å²) in [7, 11) is 4.65. The van der Waals surface area contributed by atoms with Gasteiger partial charge in [0.15, 0.2) is 0 Å². The Morgan fingerprint density at radius 1 is 0.706 bits per heavy atom. The maximum atomic E-state index is 2.68. The van der Waals surface area contributed by atoms with Gasteiger partial charge in [-0.05, 0) is 71.8 Å². The molecule has 0 bridgehead atoms. The highest BCUT2D eigenvalue weighted by atomic mass is 15.1. The summed E-state index contributed by atoms with van der Waals surface area (Å²) in [6.07, 6.45) is 11.5. The fraction of sp³-hybridized carbons (Fsp3) is 1.00. The van der Waals surface area contributed by atoms with Crippen molar-refractivity contribution in [2.45, 2.75) is 57.4 Å². The van der Waals surface area contributed by atoms with E-state index in [9.17, 15) is 0 Å². The van der Waals surface area contributed by atoms with Gasteiger partial charge in [-0.25, -0.2) is 0 Å². The van der Waals surface area contributed by atoms with Crippen molar-refractivity contribution in [2.24, 2.45) is 5.92 Å². The SMILES string of the molecule is CN1CCCC(C2CCCCCCN2C)CC1. The third kappa shape index (κ3) is 3.96. The first-order chi connectivity index (χ1) is 8.27. The Balaban J connectivity index is 1.92. The fourth-order valence-electron chi connectivity index (χ4n) is 3.70. The largest absolute Gasteiger partial charge is 0.306 e. The Kier molecular flexibility index (Phi) is 5.30. The molecule has 0 aliphatic carbocycles. The van der Waals surface area contributed by atoms with Gasteiger partial charge in [-0.3, -0.25) is 0 Å². The van der Waals surface area contributed by atoms with Crippen LogP contribution >= 0.6 is 0 Å². The molecular formula is C15H30N2. The van der Waals surface area contributed by atoms with E-state index in [0.29, 0.717) is 0 Å². The van der Waals surface area contributed by atoms with Crippen molar-refractivity contribution in [1.82, 2.24) is 9.80 Å². The summed E-state index contributed by atoms with van der Waals surface area (Å²) in [4.78, 5) is 5.19. The van der Waals surface area contributed by atoms with Crippen LogP contribution in [0.1, 0.15) is 51.4 Å². The molecule has 17 heavy (non-hydrogen) atoms. The fourth-order valence-corrected chi connectivity index (χ4v) is 3.70. The van der Waals surface area contributed by atoms with Gasteiger partial charge in [0, 0.05) is 6.04 Å². The molecule has 2 atom stereocenters. The van der Waals surface area contributed by atoms with Gasteiger partial charge in [0.05, 0.1) is 0 Å². The number of rotatable bonds is 1. The Hall–Kier alpha value is -0.0800. The molecule has 0 radical (unpaired) electrons. The Morgan fingerprint density at radius 2 is 1.53 bits per heavy atom. The van der Waals surface area contributed by atoms with Crippen LogP contribution in [-0.2, 0) is 0 Å². The average Bonchev–Trinajstić information content (AvgIpc) is 2.50. The van der Waals surface area contributed by atoms with Crippen LogP contribution in [0.15, 0.2) is 0 Å². The van der Waals surface area contributed by atoms with Crippen LogP contribution in [0.5, 0.6) is 0 Å². The molecule has 2 heterocycles. The van der Waals surface area contributed by atoms with E-state index in [-0.39, 0.29) is 0 Å². The van der Waals surface area contributed by atoms with Gasteiger partial charge in [-0.1, -0.05) is 19.3 Å². The van der Waals surface area contributed by atoms with E-state index < -0.39 is 0 Å². The molecular weight excluding hydrogens is 208 g/mol. The molecule has 2 aliphatic heterocycles. The summed E-state index contributed by atoms with van der Waals surface area (Å²) in [5, 5.41) is 0. The van der Waals surface area contributed by atoms with Gasteiger partial charge in [0.25, 0.3) is 0 Å². The molecule has 2 heteroatoms. The molecule has 0 aromatic carbocycles. The van der Waals surface area contributed by atoms with Crippen molar-refractivity contribution < 1.29 is 0 Å². The number of likely N-dealkylation sites (tertiary alicyclic amines) is 2. The third-order valence-electron chi connectivity index (χ3n) is 4.87. The second-order valence-corrected chi connectivity index (χ2v) is 6.25. The van der Waals surface area contributed by atoms with Crippen LogP contribution in [-0.4, -0.2) is 49.6 Å². The van der Waals surface area contributed by atoms with Gasteiger partial charge in [0.1, 0.15) is 0 Å². The second kappa shape index (κ2) is 6.75. The lowest BCUT2D eigenvalue weighted by Gasteiger charge is -2.36. The lowest BCUT2D eigenvalue weighted by atomic mass is 9.86. The van der Waals surface area contributed by atoms with E-state index in [1.165, 1.54) is 71.0 Å². The molecule has 0 spiro atoms. The summed E-state index contributed by atoms with van der Waals surface area (Å²) in [6.45, 7) is 3.96. The van der Waals surface area contributed by atoms with Gasteiger partial charge >= 0.3 is 0 Å². The predicted molar refractivity (Wildman–Crippen MR) is 74.3 cm³/mol. The van der Waals surface area contributed by atoms with Crippen molar-refractivity contribution in [3.63, 3.8) is 0 Å². The standard InChI is InChI=1S/C15H30N2/c1-16-11-7-8-14(10-13-16)15-9-5-3-4-6-12-17(15)2/h14-15H,3-13H2,1-2H3. The minimum atomic E-state index is 0.877.